The number of aryl methyl sites for hydroxylation is 2. The molecular formula is C17H21BrF3N5O. The van der Waals surface area contributed by atoms with E-state index in [9.17, 15) is 18.0 Å². The molecule has 148 valence electrons. The Labute approximate surface area is 163 Å². The van der Waals surface area contributed by atoms with Crippen LogP contribution < -0.4 is 0 Å². The van der Waals surface area contributed by atoms with Gasteiger partial charge < -0.3 is 4.90 Å². The van der Waals surface area contributed by atoms with Gasteiger partial charge in [-0.15, -0.1) is 0 Å². The Bertz CT molecular complexity index is 825. The maximum atomic E-state index is 12.9. The van der Waals surface area contributed by atoms with Gasteiger partial charge in [-0.2, -0.15) is 23.4 Å². The van der Waals surface area contributed by atoms with E-state index in [2.05, 4.69) is 26.1 Å². The van der Waals surface area contributed by atoms with E-state index in [1.54, 1.807) is 11.7 Å². The minimum atomic E-state index is -4.47. The topological polar surface area (TPSA) is 56.0 Å². The number of aromatic nitrogens is 4. The van der Waals surface area contributed by atoms with Gasteiger partial charge in [0, 0.05) is 44.4 Å². The number of alkyl halides is 3. The highest BCUT2D eigenvalue weighted by Gasteiger charge is 2.37. The molecule has 0 aromatic carbocycles. The van der Waals surface area contributed by atoms with Gasteiger partial charge in [0.2, 0.25) is 5.91 Å². The molecule has 3 rings (SSSR count). The van der Waals surface area contributed by atoms with Crippen molar-refractivity contribution in [3.05, 3.63) is 33.8 Å². The van der Waals surface area contributed by atoms with Crippen LogP contribution in [0.5, 0.6) is 0 Å². The van der Waals surface area contributed by atoms with Gasteiger partial charge in [0.15, 0.2) is 5.69 Å². The Morgan fingerprint density at radius 3 is 2.63 bits per heavy atom. The van der Waals surface area contributed by atoms with Gasteiger partial charge >= 0.3 is 6.18 Å². The highest BCUT2D eigenvalue weighted by Crippen LogP contribution is 2.42. The van der Waals surface area contributed by atoms with Gasteiger partial charge in [-0.3, -0.25) is 14.2 Å². The average Bonchev–Trinajstić information content (AvgIpc) is 3.25. The number of rotatable bonds is 7. The highest BCUT2D eigenvalue weighted by atomic mass is 79.9. The maximum absolute atomic E-state index is 12.9. The molecule has 2 aromatic rings. The number of nitrogens with zero attached hydrogens (tertiary/aromatic N) is 5. The molecule has 1 fully saturated rings. The third-order valence-corrected chi connectivity index (χ3v) is 5.22. The lowest BCUT2D eigenvalue weighted by Gasteiger charge is -2.16. The van der Waals surface area contributed by atoms with Crippen LogP contribution >= 0.6 is 15.9 Å². The maximum Gasteiger partial charge on any atom is 0.435 e. The number of carbonyl (C=O) groups is 1. The molecular weight excluding hydrogens is 427 g/mol. The molecule has 1 saturated carbocycles. The number of halogens is 4. The fraction of sp³-hybridized carbons (Fsp3) is 0.588. The van der Waals surface area contributed by atoms with Gasteiger partial charge in [-0.05, 0) is 41.8 Å². The Morgan fingerprint density at radius 1 is 1.37 bits per heavy atom. The van der Waals surface area contributed by atoms with Gasteiger partial charge in [-0.25, -0.2) is 0 Å². The average molecular weight is 448 g/mol. The fourth-order valence-corrected chi connectivity index (χ4v) is 3.31. The van der Waals surface area contributed by atoms with Crippen molar-refractivity contribution in [3.63, 3.8) is 0 Å². The van der Waals surface area contributed by atoms with E-state index in [0.29, 0.717) is 12.2 Å². The molecule has 27 heavy (non-hydrogen) atoms. The fourth-order valence-electron chi connectivity index (χ4n) is 2.87. The van der Waals surface area contributed by atoms with Crippen molar-refractivity contribution in [1.82, 2.24) is 24.5 Å². The van der Waals surface area contributed by atoms with E-state index in [4.69, 9.17) is 0 Å². The quantitative estimate of drug-likeness (QED) is 0.648. The van der Waals surface area contributed by atoms with Crippen LogP contribution in [0.4, 0.5) is 13.2 Å². The highest BCUT2D eigenvalue weighted by molar-refractivity contribution is 9.10. The molecule has 0 radical (unpaired) electrons. The third kappa shape index (κ3) is 4.72. The number of hydrogen-bond donors (Lipinski definition) is 0. The summed E-state index contributed by atoms with van der Waals surface area (Å²) < 4.78 is 42.7. The second kappa shape index (κ2) is 7.65. The second-order valence-corrected chi connectivity index (χ2v) is 7.58. The van der Waals surface area contributed by atoms with Crippen molar-refractivity contribution in [3.8, 4) is 0 Å². The van der Waals surface area contributed by atoms with Crippen LogP contribution in [-0.2, 0) is 30.6 Å². The first-order valence-electron chi connectivity index (χ1n) is 8.79. The summed E-state index contributed by atoms with van der Waals surface area (Å²) in [5.74, 6) is -0.0471. The van der Waals surface area contributed by atoms with E-state index < -0.39 is 11.9 Å². The second-order valence-electron chi connectivity index (χ2n) is 6.73. The SMILES string of the molecule is CCn1cc(Br)c(CN(C)C(=O)CCn2nc(C(F)(F)F)cc2C2CC2)n1. The minimum absolute atomic E-state index is 0.0846. The first-order valence-corrected chi connectivity index (χ1v) is 9.59. The molecule has 2 heterocycles. The Hall–Kier alpha value is -1.84. The van der Waals surface area contributed by atoms with Crippen LogP contribution in [0.2, 0.25) is 0 Å². The zero-order valence-corrected chi connectivity index (χ0v) is 16.7. The molecule has 0 aliphatic heterocycles. The van der Waals surface area contributed by atoms with Crippen LogP contribution in [0.3, 0.4) is 0 Å². The Morgan fingerprint density at radius 2 is 2.07 bits per heavy atom. The van der Waals surface area contributed by atoms with Crippen molar-refractivity contribution < 1.29 is 18.0 Å². The number of amides is 1. The minimum Gasteiger partial charge on any atom is -0.340 e. The van der Waals surface area contributed by atoms with Crippen molar-refractivity contribution in [1.29, 1.82) is 0 Å². The van der Waals surface area contributed by atoms with Crippen LogP contribution in [0.25, 0.3) is 0 Å². The molecule has 0 unspecified atom stereocenters. The largest absolute Gasteiger partial charge is 0.435 e. The first-order chi connectivity index (χ1) is 12.7. The molecule has 10 heteroatoms. The van der Waals surface area contributed by atoms with Crippen molar-refractivity contribution in [2.75, 3.05) is 7.05 Å². The number of carbonyl (C=O) groups excluding carboxylic acids is 1. The van der Waals surface area contributed by atoms with Crippen LogP contribution in [0.15, 0.2) is 16.7 Å². The summed E-state index contributed by atoms with van der Waals surface area (Å²) in [6.45, 7) is 3.15. The number of hydrogen-bond acceptors (Lipinski definition) is 3. The predicted molar refractivity (Wildman–Crippen MR) is 95.9 cm³/mol. The summed E-state index contributed by atoms with van der Waals surface area (Å²) in [7, 11) is 1.66. The van der Waals surface area contributed by atoms with E-state index >= 15 is 0 Å². The molecule has 6 nitrogen and oxygen atoms in total. The molecule has 1 aliphatic rings. The van der Waals surface area contributed by atoms with Gasteiger partial charge in [0.25, 0.3) is 0 Å². The summed E-state index contributed by atoms with van der Waals surface area (Å²) in [6, 6.07) is 1.11. The van der Waals surface area contributed by atoms with Crippen LogP contribution in [-0.4, -0.2) is 37.4 Å². The molecule has 0 atom stereocenters. The summed E-state index contributed by atoms with van der Waals surface area (Å²) in [5.41, 5.74) is 0.422. The molecule has 0 bridgehead atoms. The lowest BCUT2D eigenvalue weighted by atomic mass is 10.2. The lowest BCUT2D eigenvalue weighted by Crippen LogP contribution is -2.28. The molecule has 0 N–H and O–H groups in total. The van der Waals surface area contributed by atoms with E-state index in [-0.39, 0.29) is 24.8 Å². The van der Waals surface area contributed by atoms with Crippen molar-refractivity contribution >= 4 is 21.8 Å². The monoisotopic (exact) mass is 447 g/mol. The molecule has 1 aliphatic carbocycles. The summed E-state index contributed by atoms with van der Waals surface area (Å²) >= 11 is 3.42. The van der Waals surface area contributed by atoms with E-state index in [1.807, 2.05) is 13.1 Å². The zero-order valence-electron chi connectivity index (χ0n) is 15.1. The Kier molecular flexibility index (Phi) is 5.64. The zero-order chi connectivity index (χ0) is 19.8. The summed E-state index contributed by atoms with van der Waals surface area (Å²) in [4.78, 5) is 13.9. The normalized spacial score (nSPS) is 14.6. The first kappa shape index (κ1) is 19.9. The van der Waals surface area contributed by atoms with E-state index in [1.165, 1.54) is 9.58 Å². The Balaban J connectivity index is 1.63. The van der Waals surface area contributed by atoms with Gasteiger partial charge in [-0.1, -0.05) is 0 Å². The third-order valence-electron chi connectivity index (χ3n) is 4.56. The molecule has 2 aromatic heterocycles. The van der Waals surface area contributed by atoms with Gasteiger partial charge in [0.05, 0.1) is 16.7 Å². The standard InChI is InChI=1S/C17H21BrF3N5O/c1-3-25-9-12(18)13(22-25)10-24(2)16(27)6-7-26-14(11-4-5-11)8-15(23-26)17(19,20)21/h8-9,11H,3-7,10H2,1-2H3. The molecule has 1 amide bonds. The lowest BCUT2D eigenvalue weighted by molar-refractivity contribution is -0.141. The smallest absolute Gasteiger partial charge is 0.340 e. The van der Waals surface area contributed by atoms with E-state index in [0.717, 1.165) is 35.6 Å². The predicted octanol–water partition coefficient (Wildman–Crippen LogP) is 3.81. The molecule has 0 spiro atoms. The van der Waals surface area contributed by atoms with Crippen LogP contribution in [0, 0.1) is 0 Å². The summed E-state index contributed by atoms with van der Waals surface area (Å²) in [6.07, 6.45) is -0.810. The van der Waals surface area contributed by atoms with Crippen molar-refractivity contribution in [2.45, 2.75) is 57.9 Å². The van der Waals surface area contributed by atoms with Crippen LogP contribution in [0.1, 0.15) is 49.2 Å². The molecule has 0 saturated heterocycles. The van der Waals surface area contributed by atoms with Gasteiger partial charge in [0.1, 0.15) is 0 Å². The summed E-state index contributed by atoms with van der Waals surface area (Å²) in [5, 5.41) is 8.06. The van der Waals surface area contributed by atoms with Crippen molar-refractivity contribution in [2.24, 2.45) is 0 Å².